The third kappa shape index (κ3) is 6.51. The van der Waals surface area contributed by atoms with Crippen LogP contribution >= 0.6 is 23.2 Å². The molecule has 0 spiro atoms. The second-order valence-electron chi connectivity index (χ2n) is 12.4. The van der Waals surface area contributed by atoms with Crippen molar-refractivity contribution in [3.05, 3.63) is 93.0 Å². The molecule has 7 nitrogen and oxygen atoms in total. The fourth-order valence-electron chi connectivity index (χ4n) is 6.53. The van der Waals surface area contributed by atoms with Crippen molar-refractivity contribution in [1.82, 2.24) is 4.90 Å². The number of likely N-dealkylation sites (tertiary alicyclic amines) is 1. The van der Waals surface area contributed by atoms with Crippen LogP contribution in [-0.2, 0) is 10.2 Å². The summed E-state index contributed by atoms with van der Waals surface area (Å²) < 4.78 is 37.4. The summed E-state index contributed by atoms with van der Waals surface area (Å²) in [5.41, 5.74) is -2.05. The van der Waals surface area contributed by atoms with Crippen molar-refractivity contribution in [2.75, 3.05) is 19.0 Å². The molecule has 0 saturated carbocycles. The van der Waals surface area contributed by atoms with Gasteiger partial charge in [-0.1, -0.05) is 69.1 Å². The van der Waals surface area contributed by atoms with E-state index >= 15 is 8.78 Å². The number of nitrogens with one attached hydrogen (secondary N) is 1. The van der Waals surface area contributed by atoms with E-state index in [0.29, 0.717) is 19.4 Å². The number of halogens is 4. The van der Waals surface area contributed by atoms with E-state index in [1.807, 2.05) is 32.6 Å². The number of hydrogen-bond donors (Lipinski definition) is 2. The zero-order chi connectivity index (χ0) is 33.3. The van der Waals surface area contributed by atoms with Crippen molar-refractivity contribution >= 4 is 40.8 Å². The minimum absolute atomic E-state index is 0.00286. The number of amides is 1. The maximum atomic E-state index is 16.1. The van der Waals surface area contributed by atoms with Gasteiger partial charge in [0, 0.05) is 34.3 Å². The molecule has 4 atom stereocenters. The number of carbonyl (C=O) groups excluding carboxylic acids is 1. The van der Waals surface area contributed by atoms with Gasteiger partial charge in [-0.25, -0.2) is 13.6 Å². The molecule has 1 aliphatic rings. The quantitative estimate of drug-likeness (QED) is 0.241. The average molecular weight is 659 g/mol. The third-order valence-corrected chi connectivity index (χ3v) is 8.75. The minimum atomic E-state index is -1.77. The van der Waals surface area contributed by atoms with E-state index in [0.717, 1.165) is 6.07 Å². The molecule has 2 N–H and O–H groups in total. The Balaban J connectivity index is 2.03. The number of methoxy groups -OCH3 is 1. The Morgan fingerprint density at radius 3 is 2.42 bits per heavy atom. The van der Waals surface area contributed by atoms with Crippen LogP contribution in [0.3, 0.4) is 0 Å². The number of benzene rings is 3. The van der Waals surface area contributed by atoms with Crippen LogP contribution in [0.1, 0.15) is 67.9 Å². The standard InChI is InChI=1S/C34H35Cl2F2N3O4/c1-6-14-41-27(17-33(2,3)4)34(18-39,23-13-10-19(35)15-25(23)37)28(22-8-7-9-24(36)29(22)38)30(41)31(42)40-20-11-12-21(32(43)44)26(16-20)45-5/h7-13,15-16,27-28,30H,6,14,17H2,1-5H3,(H,40,42)(H,43,44)/t27-,28-,30+,34-/m0/s1. The Kier molecular flexibility index (Phi) is 10.1. The number of carboxylic acid groups (broad SMARTS) is 1. The summed E-state index contributed by atoms with van der Waals surface area (Å²) in [6.45, 7) is 8.20. The Hall–Kier alpha value is -3.71. The van der Waals surface area contributed by atoms with Gasteiger partial charge in [0.25, 0.3) is 0 Å². The molecule has 11 heteroatoms. The third-order valence-electron chi connectivity index (χ3n) is 8.22. The molecule has 0 aromatic heterocycles. The van der Waals surface area contributed by atoms with E-state index in [4.69, 9.17) is 27.9 Å². The van der Waals surface area contributed by atoms with Crippen LogP contribution in [0, 0.1) is 28.4 Å². The lowest BCUT2D eigenvalue weighted by atomic mass is 9.62. The van der Waals surface area contributed by atoms with Crippen LogP contribution in [0.15, 0.2) is 54.6 Å². The maximum Gasteiger partial charge on any atom is 0.339 e. The first-order chi connectivity index (χ1) is 21.2. The lowest BCUT2D eigenvalue weighted by Gasteiger charge is -2.39. The van der Waals surface area contributed by atoms with Gasteiger partial charge in [-0.3, -0.25) is 9.69 Å². The molecule has 0 aliphatic carbocycles. The minimum Gasteiger partial charge on any atom is -0.496 e. The summed E-state index contributed by atoms with van der Waals surface area (Å²) in [5, 5.41) is 23.5. The van der Waals surface area contributed by atoms with Crippen molar-refractivity contribution in [1.29, 1.82) is 5.26 Å². The maximum absolute atomic E-state index is 16.1. The van der Waals surface area contributed by atoms with Crippen LogP contribution in [0.2, 0.25) is 10.0 Å². The molecule has 45 heavy (non-hydrogen) atoms. The molecular weight excluding hydrogens is 623 g/mol. The number of carboxylic acids is 1. The highest BCUT2D eigenvalue weighted by atomic mass is 35.5. The molecule has 1 amide bonds. The lowest BCUT2D eigenvalue weighted by molar-refractivity contribution is -0.121. The van der Waals surface area contributed by atoms with Gasteiger partial charge in [-0.05, 0) is 60.7 Å². The predicted octanol–water partition coefficient (Wildman–Crippen LogP) is 8.06. The molecule has 1 saturated heterocycles. The SMILES string of the molecule is CCCN1[C@@H](CC(C)(C)C)[C@](C#N)(c2ccc(Cl)cc2F)[C@@H](c2cccc(Cl)c2F)[C@@H]1C(=O)Nc1ccc(C(=O)O)c(OC)c1. The van der Waals surface area contributed by atoms with Crippen LogP contribution in [0.4, 0.5) is 14.5 Å². The summed E-state index contributed by atoms with van der Waals surface area (Å²) in [6, 6.07) is 13.0. The topological polar surface area (TPSA) is 103 Å². The smallest absolute Gasteiger partial charge is 0.339 e. The zero-order valence-corrected chi connectivity index (χ0v) is 27.1. The van der Waals surface area contributed by atoms with Gasteiger partial charge in [0.1, 0.15) is 28.4 Å². The van der Waals surface area contributed by atoms with Crippen molar-refractivity contribution in [3.63, 3.8) is 0 Å². The molecule has 0 bridgehead atoms. The molecular formula is C34H35Cl2F2N3O4. The number of aromatic carboxylic acids is 1. The molecule has 4 rings (SSSR count). The van der Waals surface area contributed by atoms with Crippen molar-refractivity contribution in [2.24, 2.45) is 5.41 Å². The summed E-state index contributed by atoms with van der Waals surface area (Å²) in [7, 11) is 1.31. The Morgan fingerprint density at radius 1 is 1.13 bits per heavy atom. The largest absolute Gasteiger partial charge is 0.496 e. The van der Waals surface area contributed by atoms with Crippen LogP contribution in [0.5, 0.6) is 5.75 Å². The number of rotatable bonds is 9. The van der Waals surface area contributed by atoms with Gasteiger partial charge in [0.05, 0.1) is 24.2 Å². The van der Waals surface area contributed by atoms with E-state index in [1.165, 1.54) is 55.6 Å². The first kappa shape index (κ1) is 34.2. The Labute approximate surface area is 271 Å². The Bertz CT molecular complexity index is 1660. The van der Waals surface area contributed by atoms with Crippen LogP contribution < -0.4 is 10.1 Å². The molecule has 1 aliphatic heterocycles. The van der Waals surface area contributed by atoms with Crippen LogP contribution in [0.25, 0.3) is 0 Å². The van der Waals surface area contributed by atoms with Crippen molar-refractivity contribution in [3.8, 4) is 11.8 Å². The van der Waals surface area contributed by atoms with Gasteiger partial charge in [-0.2, -0.15) is 5.26 Å². The van der Waals surface area contributed by atoms with Gasteiger partial charge in [-0.15, -0.1) is 0 Å². The normalized spacial score (nSPS) is 21.7. The molecule has 238 valence electrons. The van der Waals surface area contributed by atoms with E-state index < -0.39 is 52.3 Å². The summed E-state index contributed by atoms with van der Waals surface area (Å²) in [4.78, 5) is 28.0. The fraction of sp³-hybridized carbons (Fsp3) is 0.382. The number of hydrogen-bond acceptors (Lipinski definition) is 5. The highest BCUT2D eigenvalue weighted by Gasteiger charge is 2.64. The second-order valence-corrected chi connectivity index (χ2v) is 13.2. The second kappa shape index (κ2) is 13.3. The predicted molar refractivity (Wildman–Crippen MR) is 170 cm³/mol. The molecule has 0 radical (unpaired) electrons. The average Bonchev–Trinajstić information content (AvgIpc) is 3.22. The first-order valence-corrected chi connectivity index (χ1v) is 15.2. The number of anilines is 1. The number of ether oxygens (including phenoxy) is 1. The van der Waals surface area contributed by atoms with Crippen molar-refractivity contribution < 1.29 is 28.2 Å². The van der Waals surface area contributed by atoms with E-state index in [2.05, 4.69) is 11.4 Å². The van der Waals surface area contributed by atoms with Crippen molar-refractivity contribution in [2.45, 2.75) is 64.0 Å². The summed E-state index contributed by atoms with van der Waals surface area (Å²) in [5.74, 6) is -4.56. The monoisotopic (exact) mass is 657 g/mol. The summed E-state index contributed by atoms with van der Waals surface area (Å²) >= 11 is 12.4. The molecule has 3 aromatic rings. The highest BCUT2D eigenvalue weighted by molar-refractivity contribution is 6.31. The number of carbonyl (C=O) groups is 2. The van der Waals surface area contributed by atoms with Gasteiger partial charge in [0.2, 0.25) is 5.91 Å². The van der Waals surface area contributed by atoms with E-state index in [1.54, 1.807) is 0 Å². The molecule has 3 aromatic carbocycles. The van der Waals surface area contributed by atoms with Gasteiger partial charge in [0.15, 0.2) is 0 Å². The van der Waals surface area contributed by atoms with E-state index in [-0.39, 0.29) is 38.2 Å². The molecule has 1 fully saturated rings. The number of nitrogens with zero attached hydrogens (tertiary/aromatic N) is 2. The number of nitriles is 1. The van der Waals surface area contributed by atoms with Gasteiger partial charge < -0.3 is 15.2 Å². The van der Waals surface area contributed by atoms with Gasteiger partial charge >= 0.3 is 5.97 Å². The Morgan fingerprint density at radius 2 is 1.84 bits per heavy atom. The van der Waals surface area contributed by atoms with Crippen LogP contribution in [-0.4, -0.2) is 47.6 Å². The molecule has 1 heterocycles. The first-order valence-electron chi connectivity index (χ1n) is 14.5. The highest BCUT2D eigenvalue weighted by Crippen LogP contribution is 2.56. The summed E-state index contributed by atoms with van der Waals surface area (Å²) in [6.07, 6.45) is 0.924. The fourth-order valence-corrected chi connectivity index (χ4v) is 6.87. The molecule has 0 unspecified atom stereocenters. The zero-order valence-electron chi connectivity index (χ0n) is 25.6. The lowest BCUT2D eigenvalue weighted by Crippen LogP contribution is -2.48. The van der Waals surface area contributed by atoms with E-state index in [9.17, 15) is 20.0 Å².